The molecule has 0 radical (unpaired) electrons. The van der Waals surface area contributed by atoms with Gasteiger partial charge in [-0.2, -0.15) is 0 Å². The third-order valence-electron chi connectivity index (χ3n) is 3.97. The van der Waals surface area contributed by atoms with Gasteiger partial charge < -0.3 is 19.8 Å². The summed E-state index contributed by atoms with van der Waals surface area (Å²) in [6, 6.07) is 13.6. The van der Waals surface area contributed by atoms with Gasteiger partial charge in [0.25, 0.3) is 0 Å². The zero-order valence-electron chi connectivity index (χ0n) is 17.0. The number of aromatic carboxylic acids is 2. The normalized spacial score (nSPS) is 10.9. The molecule has 0 unspecified atom stereocenters. The van der Waals surface area contributed by atoms with Crippen LogP contribution in [0.5, 0.6) is 0 Å². The van der Waals surface area contributed by atoms with E-state index in [-0.39, 0.29) is 45.0 Å². The van der Waals surface area contributed by atoms with Crippen LogP contribution >= 0.6 is 0 Å². The van der Waals surface area contributed by atoms with Gasteiger partial charge in [0.15, 0.2) is 0 Å². The van der Waals surface area contributed by atoms with Gasteiger partial charge in [-0.25, -0.2) is 0 Å². The van der Waals surface area contributed by atoms with E-state index < -0.39 is 11.9 Å². The van der Waals surface area contributed by atoms with Crippen molar-refractivity contribution < 1.29 is 19.8 Å². The number of carbonyl (C=O) groups excluding carboxylic acids is 2. The Balaban J connectivity index is 0.000000483. The molecule has 0 fully saturated rings. The fourth-order valence-electron chi connectivity index (χ4n) is 2.21. The van der Waals surface area contributed by atoms with Gasteiger partial charge in [0.1, 0.15) is 0 Å². The Kier molecular flexibility index (Phi) is 9.22. The van der Waals surface area contributed by atoms with Crippen LogP contribution in [0.1, 0.15) is 73.4 Å². The maximum absolute atomic E-state index is 10.5. The minimum atomic E-state index is -1.12. The molecule has 5 heteroatoms. The molecule has 0 saturated heterocycles. The van der Waals surface area contributed by atoms with Gasteiger partial charge >= 0.3 is 23.1 Å². The maximum atomic E-state index is 10.5. The monoisotopic (exact) mass is 378 g/mol. The molecule has 2 rings (SSSR count). The maximum Gasteiger partial charge on any atom is 2.00 e. The third-order valence-corrected chi connectivity index (χ3v) is 3.97. The van der Waals surface area contributed by atoms with Gasteiger partial charge in [0, 0.05) is 0 Å². The molecule has 0 bridgehead atoms. The average Bonchev–Trinajstić information content (AvgIpc) is 2.54. The van der Waals surface area contributed by atoms with Crippen molar-refractivity contribution in [1.29, 1.82) is 0 Å². The molecule has 27 heavy (non-hydrogen) atoms. The molecular formula is C22H26MgO4. The van der Waals surface area contributed by atoms with Crippen molar-refractivity contribution in [1.82, 2.24) is 0 Å². The van der Waals surface area contributed by atoms with Crippen LogP contribution in [0.3, 0.4) is 0 Å². The first-order valence-electron chi connectivity index (χ1n) is 8.46. The summed E-state index contributed by atoms with van der Waals surface area (Å²) in [5, 5.41) is 20.9. The second-order valence-electron chi connectivity index (χ2n) is 8.23. The summed E-state index contributed by atoms with van der Waals surface area (Å²) in [7, 11) is 0. The van der Waals surface area contributed by atoms with E-state index in [4.69, 9.17) is 0 Å². The predicted molar refractivity (Wildman–Crippen MR) is 105 cm³/mol. The summed E-state index contributed by atoms with van der Waals surface area (Å²) >= 11 is 0. The molecule has 0 heterocycles. The van der Waals surface area contributed by atoms with Crippen LogP contribution in [0.25, 0.3) is 0 Å². The summed E-state index contributed by atoms with van der Waals surface area (Å²) in [6.07, 6.45) is 0. The van der Waals surface area contributed by atoms with E-state index in [0.717, 1.165) is 11.1 Å². The number of hydrogen-bond donors (Lipinski definition) is 0. The Morgan fingerprint density at radius 3 is 0.963 bits per heavy atom. The van der Waals surface area contributed by atoms with Crippen molar-refractivity contribution in [3.05, 3.63) is 70.8 Å². The topological polar surface area (TPSA) is 80.3 Å². The minimum absolute atomic E-state index is 0. The average molecular weight is 379 g/mol. The van der Waals surface area contributed by atoms with Crippen LogP contribution in [0.4, 0.5) is 0 Å². The minimum Gasteiger partial charge on any atom is -0.545 e. The molecule has 140 valence electrons. The smallest absolute Gasteiger partial charge is 0.545 e. The van der Waals surface area contributed by atoms with Crippen LogP contribution in [-0.4, -0.2) is 35.0 Å². The zero-order valence-corrected chi connectivity index (χ0v) is 18.4. The molecule has 0 N–H and O–H groups in total. The van der Waals surface area contributed by atoms with Crippen LogP contribution < -0.4 is 10.2 Å². The van der Waals surface area contributed by atoms with E-state index in [9.17, 15) is 19.8 Å². The SMILES string of the molecule is CC(C)(C)c1ccc(C(=O)[O-])cc1.CC(C)(C)c1ccc(C(=O)[O-])cc1.[Mg+2]. The fourth-order valence-corrected chi connectivity index (χ4v) is 2.21. The largest absolute Gasteiger partial charge is 2.00 e. The molecule has 0 saturated carbocycles. The van der Waals surface area contributed by atoms with Gasteiger partial charge in [0.2, 0.25) is 0 Å². The molecule has 0 aliphatic carbocycles. The molecular weight excluding hydrogens is 353 g/mol. The van der Waals surface area contributed by atoms with Crippen molar-refractivity contribution in [3.63, 3.8) is 0 Å². The van der Waals surface area contributed by atoms with Crippen LogP contribution in [0.15, 0.2) is 48.5 Å². The van der Waals surface area contributed by atoms with Crippen LogP contribution in [0.2, 0.25) is 0 Å². The molecule has 0 amide bonds. The van der Waals surface area contributed by atoms with Crippen LogP contribution in [-0.2, 0) is 10.8 Å². The first-order chi connectivity index (χ1) is 11.8. The number of carboxylic acids is 2. The molecule has 0 aliphatic rings. The second-order valence-corrected chi connectivity index (χ2v) is 8.23. The molecule has 0 spiro atoms. The van der Waals surface area contributed by atoms with Gasteiger partial charge in [-0.15, -0.1) is 0 Å². The Morgan fingerprint density at radius 1 is 0.593 bits per heavy atom. The molecule has 0 atom stereocenters. The van der Waals surface area contributed by atoms with E-state index in [1.807, 2.05) is 24.3 Å². The summed E-state index contributed by atoms with van der Waals surface area (Å²) in [4.78, 5) is 20.9. The second kappa shape index (κ2) is 9.90. The van der Waals surface area contributed by atoms with Gasteiger partial charge in [0.05, 0.1) is 11.9 Å². The van der Waals surface area contributed by atoms with Crippen molar-refractivity contribution >= 4 is 35.0 Å². The first-order valence-corrected chi connectivity index (χ1v) is 8.46. The van der Waals surface area contributed by atoms with Crippen molar-refractivity contribution in [3.8, 4) is 0 Å². The number of hydrogen-bond acceptors (Lipinski definition) is 4. The number of rotatable bonds is 2. The van der Waals surface area contributed by atoms with Gasteiger partial charge in [-0.05, 0) is 33.1 Å². The molecule has 4 nitrogen and oxygen atoms in total. The van der Waals surface area contributed by atoms with E-state index in [1.165, 1.54) is 0 Å². The van der Waals surface area contributed by atoms with Crippen molar-refractivity contribution in [2.24, 2.45) is 0 Å². The molecule has 2 aromatic carbocycles. The van der Waals surface area contributed by atoms with Crippen molar-refractivity contribution in [2.75, 3.05) is 0 Å². The molecule has 0 aromatic heterocycles. The summed E-state index contributed by atoms with van der Waals surface area (Å²) < 4.78 is 0. The molecule has 0 aliphatic heterocycles. The summed E-state index contributed by atoms with van der Waals surface area (Å²) in [5.41, 5.74) is 2.82. The van der Waals surface area contributed by atoms with Crippen LogP contribution in [0, 0.1) is 0 Å². The Morgan fingerprint density at radius 2 is 0.815 bits per heavy atom. The summed E-state index contributed by atoms with van der Waals surface area (Å²) in [5.74, 6) is -2.25. The Bertz CT molecular complexity index is 681. The first kappa shape index (κ1) is 25.1. The fraction of sp³-hybridized carbons (Fsp3) is 0.364. The summed E-state index contributed by atoms with van der Waals surface area (Å²) in [6.45, 7) is 12.5. The standard InChI is InChI=1S/2C11H14O2.Mg/c2*1-11(2,3)9-6-4-8(5-7-9)10(12)13;/h2*4-7H,1-3H3,(H,12,13);/q;;+2/p-2. The Hall–Kier alpha value is -1.85. The van der Waals surface area contributed by atoms with E-state index >= 15 is 0 Å². The predicted octanol–water partition coefficient (Wildman–Crippen LogP) is 2.31. The van der Waals surface area contributed by atoms with Crippen molar-refractivity contribution in [2.45, 2.75) is 52.4 Å². The van der Waals surface area contributed by atoms with Gasteiger partial charge in [-0.1, -0.05) is 90.1 Å². The van der Waals surface area contributed by atoms with E-state index in [1.54, 1.807) is 24.3 Å². The number of carboxylic acid groups (broad SMARTS) is 2. The Labute approximate surface area is 177 Å². The number of carbonyl (C=O) groups is 2. The third kappa shape index (κ3) is 8.14. The van der Waals surface area contributed by atoms with E-state index in [2.05, 4.69) is 41.5 Å². The quantitative estimate of drug-likeness (QED) is 0.751. The zero-order chi connectivity index (χ0) is 20.1. The number of benzene rings is 2. The van der Waals surface area contributed by atoms with E-state index in [0.29, 0.717) is 0 Å². The van der Waals surface area contributed by atoms with Gasteiger partial charge in [-0.3, -0.25) is 0 Å². The molecule has 2 aromatic rings.